The molecule has 0 heterocycles. The maximum atomic E-state index is 13.8. The molecule has 0 aliphatic heterocycles. The predicted octanol–water partition coefficient (Wildman–Crippen LogP) is 2.44. The van der Waals surface area contributed by atoms with Gasteiger partial charge in [0.25, 0.3) is 15.0 Å². The van der Waals surface area contributed by atoms with E-state index in [9.17, 15) is 17.6 Å². The first-order chi connectivity index (χ1) is 9.40. The second-order valence-corrected chi connectivity index (χ2v) is 8.10. The summed E-state index contributed by atoms with van der Waals surface area (Å²) in [6, 6.07) is 2.96. The van der Waals surface area contributed by atoms with Crippen LogP contribution in [0, 0.1) is 5.82 Å². The molecule has 1 aromatic carbocycles. The zero-order valence-electron chi connectivity index (χ0n) is 12.1. The van der Waals surface area contributed by atoms with Gasteiger partial charge >= 0.3 is 0 Å². The van der Waals surface area contributed by atoms with Crippen molar-refractivity contribution in [2.45, 2.75) is 44.2 Å². The fourth-order valence-corrected chi connectivity index (χ4v) is 2.21. The molecule has 5 nitrogen and oxygen atoms in total. The van der Waals surface area contributed by atoms with E-state index >= 15 is 0 Å². The maximum absolute atomic E-state index is 13.8. The lowest BCUT2D eigenvalue weighted by Crippen LogP contribution is -2.46. The molecule has 0 bridgehead atoms. The van der Waals surface area contributed by atoms with E-state index in [1.807, 2.05) is 0 Å². The average molecular weight is 338 g/mol. The molecule has 0 aliphatic rings. The molecule has 0 fully saturated rings. The van der Waals surface area contributed by atoms with Crippen molar-refractivity contribution in [2.24, 2.45) is 0 Å². The van der Waals surface area contributed by atoms with Gasteiger partial charge in [-0.05, 0) is 45.9 Å². The van der Waals surface area contributed by atoms with E-state index in [4.69, 9.17) is 15.4 Å². The summed E-state index contributed by atoms with van der Waals surface area (Å²) in [5.74, 6) is -1.54. The van der Waals surface area contributed by atoms with Crippen molar-refractivity contribution in [1.29, 1.82) is 0 Å². The summed E-state index contributed by atoms with van der Waals surface area (Å²) in [6.45, 7) is 6.88. The normalized spacial score (nSPS) is 13.6. The van der Waals surface area contributed by atoms with Crippen LogP contribution in [0.25, 0.3) is 0 Å². The Kier molecular flexibility index (Phi) is 5.22. The third-order valence-electron chi connectivity index (χ3n) is 2.36. The Morgan fingerprint density at radius 1 is 1.38 bits per heavy atom. The summed E-state index contributed by atoms with van der Waals surface area (Å²) in [6.07, 6.45) is -0.933. The van der Waals surface area contributed by atoms with Gasteiger partial charge in [-0.25, -0.2) is 12.8 Å². The standard InChI is InChI=1S/C13H17ClFNO4S/c1-8(12(17)16-13(2,3)4)20-11-6-5-9(7-10(11)15)21(14,18)19/h5-8H,1-4H3,(H,16,17). The molecular formula is C13H17ClFNO4S. The number of benzene rings is 1. The Morgan fingerprint density at radius 3 is 2.38 bits per heavy atom. The molecule has 118 valence electrons. The van der Waals surface area contributed by atoms with E-state index in [2.05, 4.69) is 5.32 Å². The maximum Gasteiger partial charge on any atom is 0.261 e. The fourth-order valence-electron chi connectivity index (χ4n) is 1.44. The molecule has 1 N–H and O–H groups in total. The minimum atomic E-state index is -4.01. The highest BCUT2D eigenvalue weighted by Gasteiger charge is 2.22. The Labute approximate surface area is 127 Å². The smallest absolute Gasteiger partial charge is 0.261 e. The largest absolute Gasteiger partial charge is 0.478 e. The molecule has 1 aromatic rings. The van der Waals surface area contributed by atoms with Gasteiger partial charge in [0.15, 0.2) is 17.7 Å². The van der Waals surface area contributed by atoms with Crippen LogP contribution in [0.3, 0.4) is 0 Å². The van der Waals surface area contributed by atoms with Gasteiger partial charge in [0, 0.05) is 16.2 Å². The monoisotopic (exact) mass is 337 g/mol. The van der Waals surface area contributed by atoms with Gasteiger partial charge in [-0.15, -0.1) is 0 Å². The van der Waals surface area contributed by atoms with Crippen LogP contribution in [0.4, 0.5) is 4.39 Å². The fraction of sp³-hybridized carbons (Fsp3) is 0.462. The number of carbonyl (C=O) groups is 1. The molecule has 8 heteroatoms. The van der Waals surface area contributed by atoms with Crippen molar-refractivity contribution in [2.75, 3.05) is 0 Å². The lowest BCUT2D eigenvalue weighted by Gasteiger charge is -2.23. The Morgan fingerprint density at radius 2 is 1.95 bits per heavy atom. The van der Waals surface area contributed by atoms with E-state index < -0.39 is 32.4 Å². The van der Waals surface area contributed by atoms with Gasteiger partial charge in [-0.2, -0.15) is 0 Å². The minimum absolute atomic E-state index is 0.226. The molecule has 1 atom stereocenters. The quantitative estimate of drug-likeness (QED) is 0.856. The van der Waals surface area contributed by atoms with E-state index in [1.165, 1.54) is 6.92 Å². The molecule has 1 amide bonds. The van der Waals surface area contributed by atoms with Crippen molar-refractivity contribution in [1.82, 2.24) is 5.32 Å². The van der Waals surface area contributed by atoms with Gasteiger partial charge in [-0.1, -0.05) is 0 Å². The lowest BCUT2D eigenvalue weighted by molar-refractivity contribution is -0.128. The van der Waals surface area contributed by atoms with Crippen LogP contribution in [-0.4, -0.2) is 26.0 Å². The lowest BCUT2D eigenvalue weighted by atomic mass is 10.1. The molecule has 0 aliphatic carbocycles. The topological polar surface area (TPSA) is 72.5 Å². The number of ether oxygens (including phenoxy) is 1. The van der Waals surface area contributed by atoms with Crippen LogP contribution in [0.15, 0.2) is 23.1 Å². The van der Waals surface area contributed by atoms with Gasteiger partial charge in [0.05, 0.1) is 4.90 Å². The van der Waals surface area contributed by atoms with Gasteiger partial charge in [-0.3, -0.25) is 4.79 Å². The summed E-state index contributed by atoms with van der Waals surface area (Å²) in [5.41, 5.74) is -0.441. The van der Waals surface area contributed by atoms with Crippen molar-refractivity contribution in [3.8, 4) is 5.75 Å². The van der Waals surface area contributed by atoms with Gasteiger partial charge in [0.2, 0.25) is 0 Å². The molecule has 0 saturated carbocycles. The summed E-state index contributed by atoms with van der Waals surface area (Å²) in [4.78, 5) is 11.5. The third-order valence-corrected chi connectivity index (χ3v) is 3.71. The molecule has 1 unspecified atom stereocenters. The van der Waals surface area contributed by atoms with Crippen LogP contribution in [0.5, 0.6) is 5.75 Å². The molecule has 0 aromatic heterocycles. The zero-order valence-corrected chi connectivity index (χ0v) is 13.7. The second kappa shape index (κ2) is 6.19. The van der Waals surface area contributed by atoms with Crippen molar-refractivity contribution < 1.29 is 22.3 Å². The van der Waals surface area contributed by atoms with Crippen LogP contribution in [0.1, 0.15) is 27.7 Å². The van der Waals surface area contributed by atoms with E-state index in [-0.39, 0.29) is 10.6 Å². The Balaban J connectivity index is 2.87. The van der Waals surface area contributed by atoms with E-state index in [0.29, 0.717) is 0 Å². The van der Waals surface area contributed by atoms with E-state index in [1.54, 1.807) is 20.8 Å². The summed E-state index contributed by atoms with van der Waals surface area (Å²) in [5, 5.41) is 2.69. The van der Waals surface area contributed by atoms with Crippen molar-refractivity contribution in [3.05, 3.63) is 24.0 Å². The van der Waals surface area contributed by atoms with E-state index in [0.717, 1.165) is 18.2 Å². The highest BCUT2D eigenvalue weighted by atomic mass is 35.7. The average Bonchev–Trinajstić information content (AvgIpc) is 2.27. The molecule has 0 radical (unpaired) electrons. The molecule has 1 rings (SSSR count). The SMILES string of the molecule is CC(Oc1ccc(S(=O)(=O)Cl)cc1F)C(=O)NC(C)(C)C. The van der Waals surface area contributed by atoms with Crippen molar-refractivity contribution >= 4 is 25.6 Å². The van der Waals surface area contributed by atoms with Gasteiger partial charge in [0.1, 0.15) is 0 Å². The number of hydrogen-bond donors (Lipinski definition) is 1. The first-order valence-electron chi connectivity index (χ1n) is 6.13. The van der Waals surface area contributed by atoms with Crippen molar-refractivity contribution in [3.63, 3.8) is 0 Å². The molecular weight excluding hydrogens is 321 g/mol. The predicted molar refractivity (Wildman–Crippen MR) is 77.4 cm³/mol. The highest BCUT2D eigenvalue weighted by Crippen LogP contribution is 2.24. The number of carbonyl (C=O) groups excluding carboxylic acids is 1. The number of nitrogens with one attached hydrogen (secondary N) is 1. The Hall–Kier alpha value is -1.34. The summed E-state index contributed by atoms with van der Waals surface area (Å²) >= 11 is 0. The molecule has 0 saturated heterocycles. The number of halogens is 2. The van der Waals surface area contributed by atoms with Gasteiger partial charge < -0.3 is 10.1 Å². The van der Waals surface area contributed by atoms with Crippen LogP contribution >= 0.6 is 10.7 Å². The highest BCUT2D eigenvalue weighted by molar-refractivity contribution is 8.13. The first-order valence-corrected chi connectivity index (χ1v) is 8.44. The molecule has 21 heavy (non-hydrogen) atoms. The molecule has 0 spiro atoms. The number of rotatable bonds is 4. The first kappa shape index (κ1) is 17.7. The number of amides is 1. The third kappa shape index (κ3) is 5.51. The van der Waals surface area contributed by atoms with Crippen LogP contribution in [0.2, 0.25) is 0 Å². The second-order valence-electron chi connectivity index (χ2n) is 5.53. The summed E-state index contributed by atoms with van der Waals surface area (Å²) in [7, 11) is 1.10. The summed E-state index contributed by atoms with van der Waals surface area (Å²) < 4.78 is 41.1. The Bertz CT molecular complexity index is 640. The minimum Gasteiger partial charge on any atom is -0.478 e. The zero-order chi connectivity index (χ0) is 16.4. The van der Waals surface area contributed by atoms with Crippen LogP contribution in [-0.2, 0) is 13.8 Å². The van der Waals surface area contributed by atoms with Crippen LogP contribution < -0.4 is 10.1 Å². The number of hydrogen-bond acceptors (Lipinski definition) is 4.